The molecule has 128 valence electrons. The van der Waals surface area contributed by atoms with Crippen LogP contribution in [0.5, 0.6) is 0 Å². The first kappa shape index (κ1) is 18.3. The fourth-order valence-electron chi connectivity index (χ4n) is 4.04. The van der Waals surface area contributed by atoms with E-state index < -0.39 is 0 Å². The molecule has 1 saturated heterocycles. The van der Waals surface area contributed by atoms with Crippen LogP contribution in [0.25, 0.3) is 0 Å². The van der Waals surface area contributed by atoms with E-state index in [1.165, 1.54) is 44.1 Å². The molecule has 1 saturated carbocycles. The van der Waals surface area contributed by atoms with Gasteiger partial charge in [-0.2, -0.15) is 0 Å². The summed E-state index contributed by atoms with van der Waals surface area (Å²) in [6, 6.07) is 10.8. The predicted octanol–water partition coefficient (Wildman–Crippen LogP) is 3.43. The molecule has 1 unspecified atom stereocenters. The molecule has 4 heteroatoms. The Morgan fingerprint density at radius 2 is 1.83 bits per heavy atom. The van der Waals surface area contributed by atoms with Gasteiger partial charge in [-0.3, -0.25) is 4.79 Å². The molecule has 2 N–H and O–H groups in total. The van der Waals surface area contributed by atoms with Crippen molar-refractivity contribution in [2.75, 3.05) is 19.6 Å². The number of hydrogen-bond donors (Lipinski definition) is 2. The van der Waals surface area contributed by atoms with Gasteiger partial charge in [0.05, 0.1) is 5.92 Å². The minimum absolute atomic E-state index is 0. The van der Waals surface area contributed by atoms with Crippen LogP contribution in [0.4, 0.5) is 0 Å². The second kappa shape index (κ2) is 8.70. The standard InChI is InChI=1S/C19H28N2O.ClH/c22-18(16-10-13-20-14-16)21-15-19(11-6-1-2-7-12-19)17-8-4-3-5-9-17;/h3-5,8-9,16,20H,1-2,6-7,10-15H2,(H,21,22);1H. The molecule has 1 heterocycles. The van der Waals surface area contributed by atoms with E-state index in [1.807, 2.05) is 0 Å². The molecule has 0 spiro atoms. The van der Waals surface area contributed by atoms with E-state index in [2.05, 4.69) is 41.0 Å². The summed E-state index contributed by atoms with van der Waals surface area (Å²) in [5.41, 5.74) is 1.54. The predicted molar refractivity (Wildman–Crippen MR) is 97.1 cm³/mol. The number of carbonyl (C=O) groups excluding carboxylic acids is 1. The van der Waals surface area contributed by atoms with E-state index in [-0.39, 0.29) is 29.6 Å². The van der Waals surface area contributed by atoms with Gasteiger partial charge in [0.2, 0.25) is 5.91 Å². The number of halogens is 1. The normalized spacial score (nSPS) is 23.6. The molecule has 1 aliphatic heterocycles. The molecule has 0 radical (unpaired) electrons. The van der Waals surface area contributed by atoms with E-state index >= 15 is 0 Å². The van der Waals surface area contributed by atoms with E-state index in [0.717, 1.165) is 26.1 Å². The lowest BCUT2D eigenvalue weighted by Gasteiger charge is -2.34. The Labute approximate surface area is 146 Å². The van der Waals surface area contributed by atoms with Crippen molar-refractivity contribution >= 4 is 18.3 Å². The van der Waals surface area contributed by atoms with Crippen molar-refractivity contribution < 1.29 is 4.79 Å². The average Bonchev–Trinajstić information content (AvgIpc) is 3.00. The van der Waals surface area contributed by atoms with Gasteiger partial charge in [-0.1, -0.05) is 56.0 Å². The van der Waals surface area contributed by atoms with Crippen LogP contribution in [0.15, 0.2) is 30.3 Å². The third-order valence-electron chi connectivity index (χ3n) is 5.48. The van der Waals surface area contributed by atoms with Gasteiger partial charge < -0.3 is 10.6 Å². The Balaban J connectivity index is 0.00000192. The highest BCUT2D eigenvalue weighted by atomic mass is 35.5. The highest BCUT2D eigenvalue weighted by Gasteiger charge is 2.34. The summed E-state index contributed by atoms with van der Waals surface area (Å²) in [6.45, 7) is 2.61. The molecule has 1 atom stereocenters. The van der Waals surface area contributed by atoms with Crippen LogP contribution < -0.4 is 10.6 Å². The van der Waals surface area contributed by atoms with Crippen molar-refractivity contribution in [3.63, 3.8) is 0 Å². The van der Waals surface area contributed by atoms with Crippen molar-refractivity contribution in [1.82, 2.24) is 10.6 Å². The maximum absolute atomic E-state index is 12.4. The van der Waals surface area contributed by atoms with Crippen LogP contribution in [0.1, 0.15) is 50.5 Å². The Hall–Kier alpha value is -1.06. The smallest absolute Gasteiger partial charge is 0.224 e. The maximum atomic E-state index is 12.4. The molecule has 3 rings (SSSR count). The number of benzene rings is 1. The zero-order chi connectivity index (χ0) is 15.3. The average molecular weight is 337 g/mol. The van der Waals surface area contributed by atoms with Crippen LogP contribution in [-0.2, 0) is 10.2 Å². The summed E-state index contributed by atoms with van der Waals surface area (Å²) < 4.78 is 0. The maximum Gasteiger partial charge on any atom is 0.224 e. The molecular formula is C19H29ClN2O. The molecule has 0 aromatic heterocycles. The third kappa shape index (κ3) is 4.48. The van der Waals surface area contributed by atoms with Crippen LogP contribution >= 0.6 is 12.4 Å². The zero-order valence-corrected chi connectivity index (χ0v) is 14.7. The summed E-state index contributed by atoms with van der Waals surface area (Å²) in [6.07, 6.45) is 8.57. The van der Waals surface area contributed by atoms with E-state index in [1.54, 1.807) is 0 Å². The Bertz CT molecular complexity index is 477. The van der Waals surface area contributed by atoms with Crippen LogP contribution in [-0.4, -0.2) is 25.5 Å². The second-order valence-electron chi connectivity index (χ2n) is 6.97. The van der Waals surface area contributed by atoms with Gasteiger partial charge in [0.15, 0.2) is 0 Å². The highest BCUT2D eigenvalue weighted by molar-refractivity contribution is 5.85. The lowest BCUT2D eigenvalue weighted by atomic mass is 9.74. The summed E-state index contributed by atoms with van der Waals surface area (Å²) in [5, 5.41) is 6.56. The first-order valence-corrected chi connectivity index (χ1v) is 8.84. The largest absolute Gasteiger partial charge is 0.355 e. The van der Waals surface area contributed by atoms with Gasteiger partial charge >= 0.3 is 0 Å². The van der Waals surface area contributed by atoms with Gasteiger partial charge in [-0.25, -0.2) is 0 Å². The monoisotopic (exact) mass is 336 g/mol. The minimum Gasteiger partial charge on any atom is -0.355 e. The SMILES string of the molecule is Cl.O=C(NCC1(c2ccccc2)CCCCCC1)C1CCNC1. The number of nitrogens with one attached hydrogen (secondary N) is 2. The van der Waals surface area contributed by atoms with E-state index in [9.17, 15) is 4.79 Å². The van der Waals surface area contributed by atoms with Crippen LogP contribution in [0.2, 0.25) is 0 Å². The third-order valence-corrected chi connectivity index (χ3v) is 5.48. The fourth-order valence-corrected chi connectivity index (χ4v) is 4.04. The molecule has 1 aliphatic carbocycles. The van der Waals surface area contributed by atoms with E-state index in [0.29, 0.717) is 0 Å². The first-order valence-electron chi connectivity index (χ1n) is 8.84. The van der Waals surface area contributed by atoms with Crippen LogP contribution in [0.3, 0.4) is 0 Å². The first-order chi connectivity index (χ1) is 10.8. The summed E-state index contributed by atoms with van der Waals surface area (Å²) in [4.78, 5) is 12.4. The molecule has 2 fully saturated rings. The van der Waals surface area contributed by atoms with Gasteiger partial charge in [0, 0.05) is 18.5 Å². The molecule has 3 nitrogen and oxygen atoms in total. The van der Waals surface area contributed by atoms with Gasteiger partial charge in [-0.05, 0) is 31.4 Å². The molecule has 0 bridgehead atoms. The van der Waals surface area contributed by atoms with Crippen molar-refractivity contribution in [2.45, 2.75) is 50.4 Å². The number of hydrogen-bond acceptors (Lipinski definition) is 2. The molecular weight excluding hydrogens is 308 g/mol. The molecule has 1 aromatic carbocycles. The number of rotatable bonds is 4. The lowest BCUT2D eigenvalue weighted by Crippen LogP contribution is -2.43. The lowest BCUT2D eigenvalue weighted by molar-refractivity contribution is -0.124. The van der Waals surface area contributed by atoms with Gasteiger partial charge in [0.25, 0.3) is 0 Å². The molecule has 2 aliphatic rings. The van der Waals surface area contributed by atoms with Crippen molar-refractivity contribution in [3.8, 4) is 0 Å². The second-order valence-corrected chi connectivity index (χ2v) is 6.97. The van der Waals surface area contributed by atoms with Crippen molar-refractivity contribution in [1.29, 1.82) is 0 Å². The summed E-state index contributed by atoms with van der Waals surface area (Å²) in [5.74, 6) is 0.406. The topological polar surface area (TPSA) is 41.1 Å². The summed E-state index contributed by atoms with van der Waals surface area (Å²) >= 11 is 0. The minimum atomic E-state index is 0. The molecule has 1 aromatic rings. The summed E-state index contributed by atoms with van der Waals surface area (Å²) in [7, 11) is 0. The Morgan fingerprint density at radius 1 is 1.13 bits per heavy atom. The van der Waals surface area contributed by atoms with Crippen molar-refractivity contribution in [3.05, 3.63) is 35.9 Å². The van der Waals surface area contributed by atoms with Gasteiger partial charge in [-0.15, -0.1) is 12.4 Å². The zero-order valence-electron chi connectivity index (χ0n) is 13.9. The van der Waals surface area contributed by atoms with E-state index in [4.69, 9.17) is 0 Å². The quantitative estimate of drug-likeness (QED) is 0.827. The molecule has 1 amide bonds. The number of amides is 1. The van der Waals surface area contributed by atoms with Crippen molar-refractivity contribution in [2.24, 2.45) is 5.92 Å². The Morgan fingerprint density at radius 3 is 2.43 bits per heavy atom. The Kier molecular flexibility index (Phi) is 6.91. The van der Waals surface area contributed by atoms with Gasteiger partial charge in [0.1, 0.15) is 0 Å². The van der Waals surface area contributed by atoms with Crippen LogP contribution in [0, 0.1) is 5.92 Å². The fraction of sp³-hybridized carbons (Fsp3) is 0.632. The number of carbonyl (C=O) groups is 1. The molecule has 23 heavy (non-hydrogen) atoms. The highest BCUT2D eigenvalue weighted by Crippen LogP contribution is 2.37.